The molecule has 38 nitrogen and oxygen atoms in total. The predicted molar refractivity (Wildman–Crippen MR) is 342 cm³/mol. The number of piperidine rings is 1. The summed E-state index contributed by atoms with van der Waals surface area (Å²) in [6.45, 7) is 5.56. The van der Waals surface area contributed by atoms with E-state index < -0.39 is 179 Å². The van der Waals surface area contributed by atoms with E-state index in [1.807, 2.05) is 0 Å². The van der Waals surface area contributed by atoms with Crippen LogP contribution in [0.3, 0.4) is 0 Å². The highest BCUT2D eigenvalue weighted by molar-refractivity contribution is 7.47. The second kappa shape index (κ2) is 44.6. The summed E-state index contributed by atoms with van der Waals surface area (Å²) in [7, 11) is -4.38. The van der Waals surface area contributed by atoms with Crippen LogP contribution < -0.4 is 31.9 Å². The van der Waals surface area contributed by atoms with Gasteiger partial charge in [-0.05, 0) is 59.3 Å². The third-order valence-corrected chi connectivity index (χ3v) is 17.3. The number of aliphatic hydroxyl groups is 9. The van der Waals surface area contributed by atoms with Crippen molar-refractivity contribution >= 4 is 55.1 Å². The molecule has 0 aromatic rings. The van der Waals surface area contributed by atoms with E-state index in [9.17, 15) is 93.8 Å². The van der Waals surface area contributed by atoms with Crippen molar-refractivity contribution < 1.29 is 141 Å². The maximum atomic E-state index is 14.0. The van der Waals surface area contributed by atoms with E-state index in [2.05, 4.69) is 31.9 Å². The lowest BCUT2D eigenvalue weighted by atomic mass is 9.90. The van der Waals surface area contributed by atoms with Gasteiger partial charge < -0.3 is 130 Å². The minimum atomic E-state index is -4.38. The number of phosphoric ester groups is 1. The van der Waals surface area contributed by atoms with Crippen molar-refractivity contribution in [3.63, 3.8) is 0 Å². The summed E-state index contributed by atoms with van der Waals surface area (Å²) in [5.41, 5.74) is -0.946. The van der Waals surface area contributed by atoms with Gasteiger partial charge in [0.2, 0.25) is 47.3 Å². The van der Waals surface area contributed by atoms with Crippen LogP contribution >= 0.6 is 7.82 Å². The Hall–Kier alpha value is -4.85. The number of nitrogens with zero attached hydrogens (tertiary/aromatic N) is 3. The molecule has 4 aliphatic rings. The zero-order valence-electron chi connectivity index (χ0n) is 57.3. The molecule has 16 unspecified atom stereocenters. The second-order valence-electron chi connectivity index (χ2n) is 25.3. The van der Waals surface area contributed by atoms with E-state index in [1.165, 1.54) is 30.6 Å². The highest BCUT2D eigenvalue weighted by Crippen LogP contribution is 2.49. The molecule has 0 aliphatic carbocycles. The van der Waals surface area contributed by atoms with E-state index in [0.29, 0.717) is 6.42 Å². The minimum Gasteiger partial charge on any atom is -0.394 e. The molecule has 0 saturated carbocycles. The Morgan fingerprint density at radius 2 is 0.960 bits per heavy atom. The van der Waals surface area contributed by atoms with E-state index in [-0.39, 0.29) is 163 Å². The Labute approximate surface area is 575 Å². The molecule has 0 bridgehead atoms. The summed E-state index contributed by atoms with van der Waals surface area (Å²) >= 11 is 0. The zero-order valence-corrected chi connectivity index (χ0v) is 58.2. The Kier molecular flexibility index (Phi) is 39.0. The van der Waals surface area contributed by atoms with E-state index in [0.717, 1.165) is 0 Å². The highest BCUT2D eigenvalue weighted by Gasteiger charge is 2.48. The summed E-state index contributed by atoms with van der Waals surface area (Å²) < 4.78 is 68.2. The van der Waals surface area contributed by atoms with E-state index in [1.54, 1.807) is 25.7 Å². The van der Waals surface area contributed by atoms with Gasteiger partial charge in [0, 0.05) is 86.0 Å². The van der Waals surface area contributed by atoms with Crippen LogP contribution in [-0.2, 0) is 89.9 Å². The quantitative estimate of drug-likeness (QED) is 0.0199. The Morgan fingerprint density at radius 3 is 1.41 bits per heavy atom. The molecule has 4 rings (SSSR count). The number of rotatable bonds is 44. The summed E-state index contributed by atoms with van der Waals surface area (Å²) in [6, 6.07) is -3.30. The maximum Gasteiger partial charge on any atom is 0.472 e. The van der Waals surface area contributed by atoms with Gasteiger partial charge in [-0.3, -0.25) is 52.3 Å². The lowest BCUT2D eigenvalue weighted by Crippen LogP contribution is -2.64. The van der Waals surface area contributed by atoms with Crippen molar-refractivity contribution in [1.29, 1.82) is 0 Å². The molecule has 39 heteroatoms. The minimum absolute atomic E-state index is 0.0166. The molecule has 4 fully saturated rings. The molecule has 4 saturated heterocycles. The first-order valence-corrected chi connectivity index (χ1v) is 34.8. The summed E-state index contributed by atoms with van der Waals surface area (Å²) in [6.07, 6.45) is -15.2. The van der Waals surface area contributed by atoms with Gasteiger partial charge in [-0.1, -0.05) is 0 Å². The Balaban J connectivity index is 1.37. The number of carbonyl (C=O) groups is 8. The van der Waals surface area contributed by atoms with Crippen molar-refractivity contribution in [1.82, 2.24) is 46.6 Å². The number of likely N-dealkylation sites (tertiary alicyclic amines) is 1. The van der Waals surface area contributed by atoms with Crippen LogP contribution in [0.4, 0.5) is 0 Å². The number of phosphoric acid groups is 1. The van der Waals surface area contributed by atoms with E-state index >= 15 is 0 Å². The van der Waals surface area contributed by atoms with Gasteiger partial charge in [-0.15, -0.1) is 0 Å². The van der Waals surface area contributed by atoms with Gasteiger partial charge in [-0.25, -0.2) is 4.57 Å². The average molecular weight is 1450 g/mol. The van der Waals surface area contributed by atoms with Gasteiger partial charge in [-0.2, -0.15) is 0 Å². The van der Waals surface area contributed by atoms with Crippen LogP contribution in [0.1, 0.15) is 92.9 Å². The first-order chi connectivity index (χ1) is 46.9. The topological polar surface area (TPSA) is 530 Å². The zero-order chi connectivity index (χ0) is 73.4. The fourth-order valence-electron chi connectivity index (χ4n) is 11.2. The lowest BCUT2D eigenvalue weighted by molar-refractivity contribution is -0.272. The van der Waals surface area contributed by atoms with Crippen molar-refractivity contribution in [3.05, 3.63) is 0 Å². The Bertz CT molecular complexity index is 2450. The van der Waals surface area contributed by atoms with E-state index in [4.69, 9.17) is 46.9 Å². The molecule has 8 amide bonds. The number of nitrogens with one attached hydrogen (secondary N) is 6. The molecule has 0 spiro atoms. The molecule has 0 radical (unpaired) electrons. The normalized spacial score (nSPS) is 27.4. The first kappa shape index (κ1) is 86.6. The molecule has 0 aromatic heterocycles. The van der Waals surface area contributed by atoms with Crippen LogP contribution in [0.2, 0.25) is 0 Å². The molecule has 16 N–H and O–H groups in total. The monoisotopic (exact) mass is 1450 g/mol. The van der Waals surface area contributed by atoms with Crippen molar-refractivity contribution in [2.75, 3.05) is 138 Å². The fraction of sp³-hybridized carbons (Fsp3) is 0.867. The number of hydrogen-bond acceptors (Lipinski definition) is 29. The van der Waals surface area contributed by atoms with Crippen LogP contribution in [0.15, 0.2) is 0 Å². The van der Waals surface area contributed by atoms with Crippen molar-refractivity contribution in [3.8, 4) is 0 Å². The number of carbonyl (C=O) groups excluding carboxylic acids is 8. The largest absolute Gasteiger partial charge is 0.472 e. The summed E-state index contributed by atoms with van der Waals surface area (Å²) in [5.74, 6) is -3.96. The Morgan fingerprint density at radius 1 is 0.525 bits per heavy atom. The number of hydrogen-bond donors (Lipinski definition) is 16. The van der Waals surface area contributed by atoms with Crippen LogP contribution in [0, 0.1) is 0 Å². The molecule has 4 aliphatic heterocycles. The highest BCUT2D eigenvalue weighted by atomic mass is 31.2. The SMILES string of the molecule is CC(=O)NC1C(CCCOCCNC(=O)CN(CCCN(CC(=O)NCCOCCOC2OC(CO)C(O)C(O)C2NC(C)=O)C(=O)CCCC(=O)N2CCC(OP(=O)(O)OC(C)(C)C)CC2)CC(=O)NCCOCCOC2OC(CO)C(O)C(O)C2NC(C)=O)OC(CO)C(O)C1O. The molecule has 4 heterocycles. The third-order valence-electron chi connectivity index (χ3n) is 16.0. The van der Waals surface area contributed by atoms with Gasteiger partial charge in [0.15, 0.2) is 12.6 Å². The average Bonchev–Trinajstić information content (AvgIpc) is 0.830. The first-order valence-electron chi connectivity index (χ1n) is 33.3. The molecule has 572 valence electrons. The van der Waals surface area contributed by atoms with Crippen molar-refractivity contribution in [2.24, 2.45) is 0 Å². The molecule has 16 atom stereocenters. The number of amides is 8. The summed E-state index contributed by atoms with van der Waals surface area (Å²) in [4.78, 5) is 118. The number of aliphatic hydroxyl groups excluding tert-OH is 9. The smallest absolute Gasteiger partial charge is 0.394 e. The number of ether oxygens (including phenoxy) is 8. The molecular formula is C60H108N9O29P. The second-order valence-corrected chi connectivity index (χ2v) is 26.7. The molecule has 99 heavy (non-hydrogen) atoms. The lowest BCUT2D eigenvalue weighted by Gasteiger charge is -2.42. The van der Waals surface area contributed by atoms with Gasteiger partial charge in [0.05, 0.1) is 110 Å². The van der Waals surface area contributed by atoms with Gasteiger partial charge in [0.25, 0.3) is 0 Å². The summed E-state index contributed by atoms with van der Waals surface area (Å²) in [5, 5.41) is 107. The van der Waals surface area contributed by atoms with Crippen LogP contribution in [0.5, 0.6) is 0 Å². The van der Waals surface area contributed by atoms with Crippen LogP contribution in [-0.4, -0.2) is 354 Å². The van der Waals surface area contributed by atoms with Crippen LogP contribution in [0.25, 0.3) is 0 Å². The standard InChI is InChI=1S/C60H108N9O29P/c1-36(73)64-49-40(94-41(33-70)52(81)55(49)84)10-8-22-89-23-15-61-44(76)30-67(31-45(77)62-16-24-90-26-28-92-58-50(65-37(2)74)56(85)53(82)42(34-71)95-58)18-9-19-69(48(80)12-7-11-47(79)68-20-13-39(14-21-68)97-99(87,88)98-60(4,5)6)32-46(78)63-17-25-91-27-29-93-59-51(66-38(3)75)57(86)54(83)43(35-72)96-59/h39-43,49-59,70-72,81-86H,7-35H2,1-6H3,(H,61,76)(H,62,77)(H,63,78)(H,64,73)(H,65,74)(H,66,75)(H,87,88). The maximum absolute atomic E-state index is 14.0. The van der Waals surface area contributed by atoms with Gasteiger partial charge >= 0.3 is 7.82 Å². The van der Waals surface area contributed by atoms with Crippen molar-refractivity contribution in [2.45, 2.75) is 196 Å². The molecular weight excluding hydrogens is 1340 g/mol. The molecule has 0 aromatic carbocycles. The predicted octanol–water partition coefficient (Wildman–Crippen LogP) is -7.31. The fourth-order valence-corrected chi connectivity index (χ4v) is 12.5. The third kappa shape index (κ3) is 31.7. The van der Waals surface area contributed by atoms with Gasteiger partial charge in [0.1, 0.15) is 67.0 Å².